The van der Waals surface area contributed by atoms with Crippen molar-refractivity contribution in [1.82, 2.24) is 19.7 Å². The molecule has 1 unspecified atom stereocenters. The molecule has 2 N–H and O–H groups in total. The molecule has 0 bridgehead atoms. The van der Waals surface area contributed by atoms with Crippen LogP contribution in [0.2, 0.25) is 0 Å². The van der Waals surface area contributed by atoms with E-state index in [2.05, 4.69) is 54.7 Å². The topological polar surface area (TPSA) is 63.1 Å². The molecule has 1 aliphatic rings. The summed E-state index contributed by atoms with van der Waals surface area (Å²) in [7, 11) is 6.60. The Morgan fingerprint density at radius 3 is 1.30 bits per heavy atom. The largest absolute Gasteiger partial charge is 3.00 e. The Morgan fingerprint density at radius 1 is 0.900 bits per heavy atom. The van der Waals surface area contributed by atoms with Crippen molar-refractivity contribution in [3.05, 3.63) is 42.4 Å². The van der Waals surface area contributed by atoms with Crippen molar-refractivity contribution in [2.24, 2.45) is 0 Å². The number of allylic oxidation sites excluding steroid dienone is 1. The molecular weight excluding hydrogens is 465 g/mol. The average molecular weight is 514 g/mol. The minimum Gasteiger partial charge on any atom is -0.513 e. The van der Waals surface area contributed by atoms with Crippen LogP contribution in [0, 0.1) is 0 Å². The molecule has 177 valence electrons. The second-order valence-electron chi connectivity index (χ2n) is 7.19. The van der Waals surface area contributed by atoms with Gasteiger partial charge in [0.05, 0.1) is 11.9 Å². The van der Waals surface area contributed by atoms with E-state index in [9.17, 15) is 0 Å². The van der Waals surface area contributed by atoms with Gasteiger partial charge in [-0.05, 0) is 53.2 Å². The van der Waals surface area contributed by atoms with E-state index in [1.54, 1.807) is 19.3 Å². The predicted molar refractivity (Wildman–Crippen MR) is 127 cm³/mol. The Bertz CT molecular complexity index is 395. The van der Waals surface area contributed by atoms with Gasteiger partial charge in [-0.25, -0.2) is 0 Å². The van der Waals surface area contributed by atoms with E-state index in [1.807, 2.05) is 18.2 Å². The summed E-state index contributed by atoms with van der Waals surface area (Å²) < 4.78 is 0. The summed E-state index contributed by atoms with van der Waals surface area (Å²) in [6.45, 7) is 14.5. The standard InChI is InChI=1S/C9H21N3.C5H5N.C5H10O2.C3H8.CH4.Ru/c1-10-4-6-11(2)8-9-12(3)7-5-10;1-2-4-6-5-3-1;1-4(6)3-5(2)7;1-3-2;;/h4-9H2,1-3H3;1-5H;3-4,6-7H,1-2H3;3H2,1-2H3;1H4;/q;;;;;+3. The fourth-order valence-electron chi connectivity index (χ4n) is 2.02. The van der Waals surface area contributed by atoms with Crippen LogP contribution in [-0.2, 0) is 19.5 Å². The first-order valence-corrected chi connectivity index (χ1v) is 10.2. The summed E-state index contributed by atoms with van der Waals surface area (Å²) in [6, 6.07) is 5.72. The van der Waals surface area contributed by atoms with Crippen LogP contribution in [0.25, 0.3) is 0 Å². The minimum absolute atomic E-state index is 0. The van der Waals surface area contributed by atoms with Crippen molar-refractivity contribution in [3.63, 3.8) is 0 Å². The summed E-state index contributed by atoms with van der Waals surface area (Å²) >= 11 is 0. The number of aromatic nitrogens is 1. The van der Waals surface area contributed by atoms with Gasteiger partial charge in [0, 0.05) is 51.7 Å². The molecule has 1 aliphatic heterocycles. The molecule has 1 radical (unpaired) electrons. The summed E-state index contributed by atoms with van der Waals surface area (Å²) in [5.74, 6) is 0.162. The number of rotatable bonds is 1. The summed E-state index contributed by atoms with van der Waals surface area (Å²) in [6.07, 6.45) is 5.57. The number of pyridine rings is 1. The Balaban J connectivity index is -0.000000163. The first kappa shape index (κ1) is 36.5. The van der Waals surface area contributed by atoms with Crippen molar-refractivity contribution in [1.29, 1.82) is 0 Å². The third-order valence-corrected chi connectivity index (χ3v) is 3.64. The summed E-state index contributed by atoms with van der Waals surface area (Å²) in [5, 5.41) is 16.9. The molecular formula is C23H48N4O2Ru+3. The van der Waals surface area contributed by atoms with Gasteiger partial charge in [0.1, 0.15) is 0 Å². The van der Waals surface area contributed by atoms with Crippen LogP contribution in [-0.4, -0.2) is 96.4 Å². The Kier molecular flexibility index (Phi) is 31.9. The molecule has 2 heterocycles. The maximum atomic E-state index is 8.49. The van der Waals surface area contributed by atoms with E-state index >= 15 is 0 Å². The van der Waals surface area contributed by atoms with Crippen LogP contribution in [0.4, 0.5) is 0 Å². The molecule has 0 aromatic carbocycles. The average Bonchev–Trinajstić information content (AvgIpc) is 2.71. The van der Waals surface area contributed by atoms with E-state index < -0.39 is 6.10 Å². The van der Waals surface area contributed by atoms with Crippen molar-refractivity contribution >= 4 is 0 Å². The van der Waals surface area contributed by atoms with Crippen molar-refractivity contribution in [2.75, 3.05) is 60.4 Å². The van der Waals surface area contributed by atoms with Gasteiger partial charge < -0.3 is 24.9 Å². The molecule has 1 aromatic heterocycles. The first-order chi connectivity index (χ1) is 13.2. The molecule has 7 heteroatoms. The van der Waals surface area contributed by atoms with Crippen LogP contribution in [0.15, 0.2) is 42.4 Å². The van der Waals surface area contributed by atoms with Crippen LogP contribution in [0.1, 0.15) is 41.5 Å². The zero-order valence-corrected chi connectivity index (χ0v) is 21.3. The molecule has 0 saturated carbocycles. The van der Waals surface area contributed by atoms with Crippen molar-refractivity contribution < 1.29 is 29.7 Å². The zero-order chi connectivity index (χ0) is 21.8. The van der Waals surface area contributed by atoms with Crippen molar-refractivity contribution in [3.8, 4) is 0 Å². The van der Waals surface area contributed by atoms with E-state index in [0.29, 0.717) is 0 Å². The van der Waals surface area contributed by atoms with Gasteiger partial charge >= 0.3 is 19.5 Å². The summed E-state index contributed by atoms with van der Waals surface area (Å²) in [4.78, 5) is 11.0. The van der Waals surface area contributed by atoms with E-state index in [1.165, 1.54) is 58.7 Å². The van der Waals surface area contributed by atoms with Crippen LogP contribution >= 0.6 is 0 Å². The van der Waals surface area contributed by atoms with Gasteiger partial charge in [0.15, 0.2) is 0 Å². The third kappa shape index (κ3) is 31.8. The van der Waals surface area contributed by atoms with Gasteiger partial charge in [-0.3, -0.25) is 4.98 Å². The first-order valence-electron chi connectivity index (χ1n) is 10.2. The van der Waals surface area contributed by atoms with Gasteiger partial charge in [0.25, 0.3) is 0 Å². The second-order valence-corrected chi connectivity index (χ2v) is 7.19. The molecule has 0 aliphatic carbocycles. The molecule has 1 saturated heterocycles. The van der Waals surface area contributed by atoms with E-state index in [0.717, 1.165) is 0 Å². The van der Waals surface area contributed by atoms with Crippen molar-refractivity contribution in [2.45, 2.75) is 47.6 Å². The quantitative estimate of drug-likeness (QED) is 0.441. The molecule has 2 rings (SSSR count). The Morgan fingerprint density at radius 2 is 1.20 bits per heavy atom. The van der Waals surface area contributed by atoms with E-state index in [-0.39, 0.29) is 32.7 Å². The molecule has 6 nitrogen and oxygen atoms in total. The second kappa shape index (κ2) is 26.2. The van der Waals surface area contributed by atoms with Crippen LogP contribution in [0.3, 0.4) is 0 Å². The fourth-order valence-corrected chi connectivity index (χ4v) is 2.02. The predicted octanol–water partition coefficient (Wildman–Crippen LogP) is 3.76. The summed E-state index contributed by atoms with van der Waals surface area (Å²) in [5.41, 5.74) is 0. The monoisotopic (exact) mass is 514 g/mol. The molecule has 0 amide bonds. The van der Waals surface area contributed by atoms with Crippen LogP contribution < -0.4 is 0 Å². The zero-order valence-electron chi connectivity index (χ0n) is 19.5. The normalized spacial score (nSPS) is 16.6. The van der Waals surface area contributed by atoms with Crippen LogP contribution in [0.5, 0.6) is 0 Å². The molecule has 30 heavy (non-hydrogen) atoms. The smallest absolute Gasteiger partial charge is 0.513 e. The molecule has 1 atom stereocenters. The fraction of sp³-hybridized carbons (Fsp3) is 0.696. The maximum absolute atomic E-state index is 8.49. The maximum Gasteiger partial charge on any atom is 3.00 e. The number of likely N-dealkylation sites (N-methyl/N-ethyl adjacent to an activating group) is 3. The van der Waals surface area contributed by atoms with E-state index in [4.69, 9.17) is 10.2 Å². The minimum atomic E-state index is -0.537. The van der Waals surface area contributed by atoms with Gasteiger partial charge in [0.2, 0.25) is 0 Å². The Labute approximate surface area is 199 Å². The van der Waals surface area contributed by atoms with Gasteiger partial charge in [-0.1, -0.05) is 33.8 Å². The van der Waals surface area contributed by atoms with Gasteiger partial charge in [-0.2, -0.15) is 0 Å². The number of aliphatic hydroxyl groups excluding tert-OH is 2. The Hall–Kier alpha value is -0.847. The van der Waals surface area contributed by atoms with Gasteiger partial charge in [-0.15, -0.1) is 0 Å². The number of aliphatic hydroxyl groups is 2. The number of hydrogen-bond acceptors (Lipinski definition) is 6. The number of hydrogen-bond donors (Lipinski definition) is 2. The molecule has 1 fully saturated rings. The molecule has 0 spiro atoms. The third-order valence-electron chi connectivity index (χ3n) is 3.64. The number of nitrogens with zero attached hydrogens (tertiary/aromatic N) is 4. The molecule has 1 aromatic rings. The SMILES string of the molecule is C.CC(O)=CC(C)O.CCC.CN1CCN(C)CCN(C)CC1.[Ru+3].c1ccncc1.